The van der Waals surface area contributed by atoms with Gasteiger partial charge in [0, 0.05) is 48.9 Å². The zero-order valence-electron chi connectivity index (χ0n) is 23.8. The molecule has 10 heteroatoms. The second-order valence-corrected chi connectivity index (χ2v) is 11.1. The molecule has 3 aromatic carbocycles. The maximum atomic E-state index is 13.7. The highest BCUT2D eigenvalue weighted by molar-refractivity contribution is 6.09. The van der Waals surface area contributed by atoms with Gasteiger partial charge in [0.15, 0.2) is 5.82 Å². The van der Waals surface area contributed by atoms with Gasteiger partial charge in [0.1, 0.15) is 11.6 Å². The van der Waals surface area contributed by atoms with Crippen molar-refractivity contribution in [1.82, 2.24) is 20.4 Å². The molecule has 42 heavy (non-hydrogen) atoms. The number of H-pyrrole nitrogens is 1. The van der Waals surface area contributed by atoms with E-state index in [0.29, 0.717) is 71.9 Å². The van der Waals surface area contributed by atoms with Crippen LogP contribution in [0.25, 0.3) is 10.9 Å². The molecule has 1 aliphatic heterocycles. The number of anilines is 1. The SMILES string of the molecule is CN(C)CCNC(=O)c1ccc(C(=O)Nc2n[nH]c3ccc(Cc4cc(F)cc(F)c4)cc23)c(CC2CCOCC2)c1. The monoisotopic (exact) mass is 575 g/mol. The molecule has 8 nitrogen and oxygen atoms in total. The van der Waals surface area contributed by atoms with Crippen molar-refractivity contribution in [3.8, 4) is 0 Å². The van der Waals surface area contributed by atoms with E-state index < -0.39 is 11.6 Å². The molecule has 0 atom stereocenters. The Kier molecular flexibility index (Phi) is 9.24. The summed E-state index contributed by atoms with van der Waals surface area (Å²) in [5.74, 6) is -1.07. The van der Waals surface area contributed by atoms with E-state index in [1.165, 1.54) is 12.1 Å². The molecular weight excluding hydrogens is 540 g/mol. The van der Waals surface area contributed by atoms with Crippen molar-refractivity contribution in [3.05, 3.63) is 94.0 Å². The highest BCUT2D eigenvalue weighted by Gasteiger charge is 2.21. The summed E-state index contributed by atoms with van der Waals surface area (Å²) in [5, 5.41) is 13.8. The summed E-state index contributed by atoms with van der Waals surface area (Å²) in [6.45, 7) is 2.60. The van der Waals surface area contributed by atoms with Crippen molar-refractivity contribution in [2.45, 2.75) is 25.7 Å². The van der Waals surface area contributed by atoms with Crippen LogP contribution in [0.4, 0.5) is 14.6 Å². The standard InChI is InChI=1S/C32H35F2N5O3/c1-39(2)10-9-35-31(40)23-4-5-27(24(18-23)14-20-7-11-42-12-8-20)32(41)36-30-28-17-21(3-6-29(28)37-38-30)13-22-15-25(33)19-26(34)16-22/h3-6,15-20H,7-14H2,1-2H3,(H,35,40)(H2,36,37,38,41). The number of nitrogens with zero attached hydrogens (tertiary/aromatic N) is 2. The Morgan fingerprint density at radius 2 is 1.74 bits per heavy atom. The van der Waals surface area contributed by atoms with Crippen LogP contribution in [-0.2, 0) is 17.6 Å². The van der Waals surface area contributed by atoms with E-state index in [9.17, 15) is 18.4 Å². The number of fused-ring (bicyclic) bond motifs is 1. The van der Waals surface area contributed by atoms with Gasteiger partial charge in [-0.25, -0.2) is 8.78 Å². The summed E-state index contributed by atoms with van der Waals surface area (Å²) in [6, 6.07) is 14.2. The first-order chi connectivity index (χ1) is 20.2. The Morgan fingerprint density at radius 3 is 2.48 bits per heavy atom. The average molecular weight is 576 g/mol. The van der Waals surface area contributed by atoms with Crippen molar-refractivity contribution in [2.75, 3.05) is 45.7 Å². The number of aromatic nitrogens is 2. The molecule has 0 radical (unpaired) electrons. The molecule has 4 aromatic rings. The van der Waals surface area contributed by atoms with E-state index in [2.05, 4.69) is 20.8 Å². The quantitative estimate of drug-likeness (QED) is 0.249. The highest BCUT2D eigenvalue weighted by Crippen LogP contribution is 2.27. The number of carbonyl (C=O) groups is 2. The lowest BCUT2D eigenvalue weighted by Gasteiger charge is -2.23. The van der Waals surface area contributed by atoms with Crippen LogP contribution < -0.4 is 10.6 Å². The molecule has 0 spiro atoms. The summed E-state index contributed by atoms with van der Waals surface area (Å²) in [4.78, 5) is 28.5. The third-order valence-electron chi connectivity index (χ3n) is 7.50. The van der Waals surface area contributed by atoms with Crippen LogP contribution in [-0.4, -0.2) is 67.3 Å². The maximum Gasteiger partial charge on any atom is 0.257 e. The third-order valence-corrected chi connectivity index (χ3v) is 7.50. The number of amides is 2. The average Bonchev–Trinajstić information content (AvgIpc) is 3.34. The van der Waals surface area contributed by atoms with Crippen LogP contribution in [0.2, 0.25) is 0 Å². The Balaban J connectivity index is 1.38. The Labute approximate surface area is 243 Å². The van der Waals surface area contributed by atoms with E-state index in [0.717, 1.165) is 36.6 Å². The lowest BCUT2D eigenvalue weighted by molar-refractivity contribution is 0.0664. The fourth-order valence-corrected chi connectivity index (χ4v) is 5.27. The first kappa shape index (κ1) is 29.3. The Morgan fingerprint density at radius 1 is 0.976 bits per heavy atom. The first-order valence-electron chi connectivity index (χ1n) is 14.1. The molecule has 0 saturated carbocycles. The van der Waals surface area contributed by atoms with Gasteiger partial charge in [-0.15, -0.1) is 0 Å². The molecule has 1 aliphatic rings. The van der Waals surface area contributed by atoms with Crippen molar-refractivity contribution < 1.29 is 23.1 Å². The van der Waals surface area contributed by atoms with E-state index in [1.807, 2.05) is 43.3 Å². The van der Waals surface area contributed by atoms with Crippen LogP contribution >= 0.6 is 0 Å². The van der Waals surface area contributed by atoms with E-state index in [1.54, 1.807) is 12.1 Å². The molecule has 5 rings (SSSR count). The molecule has 2 heterocycles. The van der Waals surface area contributed by atoms with Crippen LogP contribution in [0, 0.1) is 17.6 Å². The molecule has 220 valence electrons. The van der Waals surface area contributed by atoms with Gasteiger partial charge >= 0.3 is 0 Å². The van der Waals surface area contributed by atoms with Gasteiger partial charge in [-0.05, 0) is 105 Å². The summed E-state index contributed by atoms with van der Waals surface area (Å²) < 4.78 is 32.9. The van der Waals surface area contributed by atoms with Gasteiger partial charge in [-0.3, -0.25) is 14.7 Å². The minimum Gasteiger partial charge on any atom is -0.381 e. The largest absolute Gasteiger partial charge is 0.381 e. The third kappa shape index (κ3) is 7.37. The number of likely N-dealkylation sites (N-methyl/N-ethyl adjacent to an activating group) is 1. The zero-order chi connectivity index (χ0) is 29.6. The molecule has 1 aromatic heterocycles. The van der Waals surface area contributed by atoms with Crippen LogP contribution in [0.3, 0.4) is 0 Å². The van der Waals surface area contributed by atoms with Gasteiger partial charge in [0.25, 0.3) is 11.8 Å². The number of halogens is 2. The molecule has 1 fully saturated rings. The van der Waals surface area contributed by atoms with Gasteiger partial charge in [-0.2, -0.15) is 5.10 Å². The molecule has 2 amide bonds. The van der Waals surface area contributed by atoms with Crippen molar-refractivity contribution in [3.63, 3.8) is 0 Å². The smallest absolute Gasteiger partial charge is 0.257 e. The number of rotatable bonds is 10. The summed E-state index contributed by atoms with van der Waals surface area (Å²) >= 11 is 0. The van der Waals surface area contributed by atoms with E-state index >= 15 is 0 Å². The minimum absolute atomic E-state index is 0.180. The van der Waals surface area contributed by atoms with Gasteiger partial charge in [-0.1, -0.05) is 6.07 Å². The summed E-state index contributed by atoms with van der Waals surface area (Å²) in [5.41, 5.74) is 3.82. The maximum absolute atomic E-state index is 13.7. The molecular formula is C32H35F2N5O3. The number of benzene rings is 3. The number of nitrogens with one attached hydrogen (secondary N) is 3. The fourth-order valence-electron chi connectivity index (χ4n) is 5.27. The summed E-state index contributed by atoms with van der Waals surface area (Å²) in [6.07, 6.45) is 2.75. The van der Waals surface area contributed by atoms with Crippen LogP contribution in [0.1, 0.15) is 50.2 Å². The van der Waals surface area contributed by atoms with Gasteiger partial charge in [0.2, 0.25) is 0 Å². The zero-order valence-corrected chi connectivity index (χ0v) is 23.8. The molecule has 1 saturated heterocycles. The highest BCUT2D eigenvalue weighted by atomic mass is 19.1. The van der Waals surface area contributed by atoms with Crippen molar-refractivity contribution >= 4 is 28.5 Å². The number of hydrogen-bond donors (Lipinski definition) is 3. The van der Waals surface area contributed by atoms with Crippen LogP contribution in [0.5, 0.6) is 0 Å². The number of hydrogen-bond acceptors (Lipinski definition) is 5. The van der Waals surface area contributed by atoms with E-state index in [4.69, 9.17) is 4.74 Å². The number of aromatic amines is 1. The summed E-state index contributed by atoms with van der Waals surface area (Å²) in [7, 11) is 3.89. The van der Waals surface area contributed by atoms with Crippen molar-refractivity contribution in [2.24, 2.45) is 5.92 Å². The Bertz CT molecular complexity index is 1560. The number of ether oxygens (including phenoxy) is 1. The second-order valence-electron chi connectivity index (χ2n) is 11.1. The van der Waals surface area contributed by atoms with E-state index in [-0.39, 0.29) is 11.8 Å². The second kappa shape index (κ2) is 13.2. The molecule has 0 aliphatic carbocycles. The number of carbonyl (C=O) groups excluding carboxylic acids is 2. The molecule has 0 bridgehead atoms. The first-order valence-corrected chi connectivity index (χ1v) is 14.1. The van der Waals surface area contributed by atoms with Crippen LogP contribution in [0.15, 0.2) is 54.6 Å². The van der Waals surface area contributed by atoms with Gasteiger partial charge < -0.3 is 20.3 Å². The minimum atomic E-state index is -0.629. The van der Waals surface area contributed by atoms with Gasteiger partial charge in [0.05, 0.1) is 5.52 Å². The lowest BCUT2D eigenvalue weighted by Crippen LogP contribution is -2.31. The topological polar surface area (TPSA) is 99.4 Å². The lowest BCUT2D eigenvalue weighted by atomic mass is 9.89. The normalized spacial score (nSPS) is 13.9. The van der Waals surface area contributed by atoms with Crippen molar-refractivity contribution in [1.29, 1.82) is 0 Å². The molecule has 0 unspecified atom stereocenters. The molecule has 3 N–H and O–H groups in total. The predicted octanol–water partition coefficient (Wildman–Crippen LogP) is 4.94. The Hall–Kier alpha value is -4.15. The fraction of sp³-hybridized carbons (Fsp3) is 0.344. The predicted molar refractivity (Wildman–Crippen MR) is 158 cm³/mol.